The molecule has 0 saturated heterocycles. The van der Waals surface area contributed by atoms with E-state index in [1.54, 1.807) is 0 Å². The van der Waals surface area contributed by atoms with Gasteiger partial charge in [-0.2, -0.15) is 8.78 Å². The minimum absolute atomic E-state index is 0.0446. The summed E-state index contributed by atoms with van der Waals surface area (Å²) >= 11 is 0. The van der Waals surface area contributed by atoms with Gasteiger partial charge in [0.05, 0.1) is 5.56 Å². The van der Waals surface area contributed by atoms with E-state index in [0.29, 0.717) is 0 Å². The van der Waals surface area contributed by atoms with E-state index in [1.807, 2.05) is 0 Å². The molecule has 1 heterocycles. The molecular weight excluding hydrogens is 184 g/mol. The number of hydrogen-bond donors (Lipinski definition) is 0. The molecule has 0 aliphatic rings. The predicted molar refractivity (Wildman–Crippen MR) is 36.7 cm³/mol. The van der Waals surface area contributed by atoms with Crippen LogP contribution in [0.4, 0.5) is 8.78 Å². The summed E-state index contributed by atoms with van der Waals surface area (Å²) in [5.41, 5.74) is 0.0446. The second-order valence-corrected chi connectivity index (χ2v) is 1.97. The summed E-state index contributed by atoms with van der Waals surface area (Å²) in [7, 11) is 0. The molecule has 0 saturated carbocycles. The number of nitrogens with zero attached hydrogens (tertiary/aromatic N) is 1. The van der Waals surface area contributed by atoms with Gasteiger partial charge in [-0.1, -0.05) is 0 Å². The lowest BCUT2D eigenvalue weighted by molar-refractivity contribution is -0.344. The summed E-state index contributed by atoms with van der Waals surface area (Å²) in [6.45, 7) is -3.14. The maximum atomic E-state index is 11.4. The van der Waals surface area contributed by atoms with Crippen LogP contribution in [0.15, 0.2) is 24.5 Å². The first-order chi connectivity index (χ1) is 6.20. The Bertz CT molecular complexity index is 278. The Morgan fingerprint density at radius 3 is 2.85 bits per heavy atom. The van der Waals surface area contributed by atoms with Gasteiger partial charge in [0, 0.05) is 12.4 Å². The van der Waals surface area contributed by atoms with Crippen LogP contribution in [0.2, 0.25) is 0 Å². The molecule has 0 N–H and O–H groups in total. The standard InChI is InChI=1S/C7H5F2NO3/c8-7(9)13-12-6(11)5-2-1-3-10-4-5/h1-4,7H. The van der Waals surface area contributed by atoms with Crippen LogP contribution in [-0.2, 0) is 9.78 Å². The third-order valence-electron chi connectivity index (χ3n) is 1.09. The molecule has 0 aliphatic heterocycles. The Morgan fingerprint density at radius 2 is 2.31 bits per heavy atom. The van der Waals surface area contributed by atoms with Gasteiger partial charge < -0.3 is 0 Å². The van der Waals surface area contributed by atoms with Gasteiger partial charge in [0.1, 0.15) is 0 Å². The van der Waals surface area contributed by atoms with Crippen molar-refractivity contribution in [3.05, 3.63) is 30.1 Å². The molecule has 0 aromatic carbocycles. The lowest BCUT2D eigenvalue weighted by Gasteiger charge is -2.00. The van der Waals surface area contributed by atoms with Crippen molar-refractivity contribution in [1.82, 2.24) is 4.98 Å². The molecule has 1 rings (SSSR count). The van der Waals surface area contributed by atoms with Crippen molar-refractivity contribution in [1.29, 1.82) is 0 Å². The molecule has 13 heavy (non-hydrogen) atoms. The first-order valence-electron chi connectivity index (χ1n) is 3.26. The Hall–Kier alpha value is -1.56. The lowest BCUT2D eigenvalue weighted by atomic mass is 10.3. The fourth-order valence-electron chi connectivity index (χ4n) is 0.612. The molecule has 0 atom stereocenters. The van der Waals surface area contributed by atoms with Crippen LogP contribution >= 0.6 is 0 Å². The van der Waals surface area contributed by atoms with Crippen LogP contribution in [0, 0.1) is 0 Å². The highest BCUT2D eigenvalue weighted by Gasteiger charge is 2.11. The Balaban J connectivity index is 2.50. The summed E-state index contributed by atoms with van der Waals surface area (Å²) in [6.07, 6.45) is 2.61. The minimum Gasteiger partial charge on any atom is -0.287 e. The number of carbonyl (C=O) groups is 1. The van der Waals surface area contributed by atoms with Gasteiger partial charge in [-0.25, -0.2) is 4.79 Å². The van der Waals surface area contributed by atoms with Gasteiger partial charge in [0.15, 0.2) is 0 Å². The van der Waals surface area contributed by atoms with Crippen molar-refractivity contribution in [3.8, 4) is 0 Å². The summed E-state index contributed by atoms with van der Waals surface area (Å²) in [4.78, 5) is 21.5. The second-order valence-electron chi connectivity index (χ2n) is 1.97. The first-order valence-corrected chi connectivity index (χ1v) is 3.26. The second kappa shape index (κ2) is 4.46. The highest BCUT2D eigenvalue weighted by Crippen LogP contribution is 2.02. The van der Waals surface area contributed by atoms with Crippen molar-refractivity contribution < 1.29 is 23.4 Å². The van der Waals surface area contributed by atoms with Gasteiger partial charge in [0.2, 0.25) is 0 Å². The third-order valence-corrected chi connectivity index (χ3v) is 1.09. The molecule has 0 fully saturated rings. The SMILES string of the molecule is O=C(OOC(F)F)c1cccnc1. The average Bonchev–Trinajstić information content (AvgIpc) is 2.15. The van der Waals surface area contributed by atoms with Crippen LogP contribution in [-0.4, -0.2) is 17.6 Å². The van der Waals surface area contributed by atoms with Crippen molar-refractivity contribution in [2.45, 2.75) is 6.61 Å². The summed E-state index contributed by atoms with van der Waals surface area (Å²) in [5.74, 6) is -1.01. The molecule has 70 valence electrons. The van der Waals surface area contributed by atoms with Crippen LogP contribution in [0.3, 0.4) is 0 Å². The monoisotopic (exact) mass is 189 g/mol. The van der Waals surface area contributed by atoms with E-state index < -0.39 is 12.6 Å². The predicted octanol–water partition coefficient (Wildman–Crippen LogP) is 1.39. The van der Waals surface area contributed by atoms with E-state index in [0.717, 1.165) is 0 Å². The van der Waals surface area contributed by atoms with Crippen LogP contribution < -0.4 is 0 Å². The van der Waals surface area contributed by atoms with Gasteiger partial charge in [-0.15, -0.1) is 4.89 Å². The Kier molecular flexibility index (Phi) is 3.27. The Morgan fingerprint density at radius 1 is 1.54 bits per heavy atom. The summed E-state index contributed by atoms with van der Waals surface area (Å²) in [5, 5.41) is 0. The van der Waals surface area contributed by atoms with Crippen LogP contribution in [0.25, 0.3) is 0 Å². The molecule has 1 aromatic heterocycles. The minimum atomic E-state index is -3.14. The highest BCUT2D eigenvalue weighted by atomic mass is 19.3. The number of pyridine rings is 1. The molecule has 0 spiro atoms. The highest BCUT2D eigenvalue weighted by molar-refractivity contribution is 5.88. The van der Waals surface area contributed by atoms with E-state index in [-0.39, 0.29) is 5.56 Å². The third kappa shape index (κ3) is 3.12. The van der Waals surface area contributed by atoms with Gasteiger partial charge in [-0.3, -0.25) is 9.87 Å². The average molecular weight is 189 g/mol. The number of rotatable bonds is 3. The van der Waals surface area contributed by atoms with Crippen LogP contribution in [0.1, 0.15) is 10.4 Å². The van der Waals surface area contributed by atoms with E-state index in [2.05, 4.69) is 14.8 Å². The molecule has 6 heteroatoms. The number of hydrogen-bond acceptors (Lipinski definition) is 4. The molecule has 0 aliphatic carbocycles. The molecule has 0 amide bonds. The fraction of sp³-hybridized carbons (Fsp3) is 0.143. The topological polar surface area (TPSA) is 48.4 Å². The number of carbonyl (C=O) groups excluding carboxylic acids is 1. The zero-order valence-electron chi connectivity index (χ0n) is 6.31. The summed E-state index contributed by atoms with van der Waals surface area (Å²) in [6, 6.07) is 2.84. The Labute approximate surface area is 72.0 Å². The van der Waals surface area contributed by atoms with E-state index in [4.69, 9.17) is 0 Å². The number of aromatic nitrogens is 1. The van der Waals surface area contributed by atoms with E-state index in [1.165, 1.54) is 24.5 Å². The zero-order valence-corrected chi connectivity index (χ0v) is 6.31. The van der Waals surface area contributed by atoms with Gasteiger partial charge >= 0.3 is 12.6 Å². The molecule has 0 bridgehead atoms. The molecule has 1 aromatic rings. The van der Waals surface area contributed by atoms with Crippen molar-refractivity contribution in [2.75, 3.05) is 0 Å². The normalized spacial score (nSPS) is 10.1. The fourth-order valence-corrected chi connectivity index (χ4v) is 0.612. The van der Waals surface area contributed by atoms with Crippen molar-refractivity contribution >= 4 is 5.97 Å². The van der Waals surface area contributed by atoms with Gasteiger partial charge in [0.25, 0.3) is 0 Å². The van der Waals surface area contributed by atoms with E-state index in [9.17, 15) is 13.6 Å². The first kappa shape index (κ1) is 9.53. The van der Waals surface area contributed by atoms with Crippen molar-refractivity contribution in [2.24, 2.45) is 0 Å². The van der Waals surface area contributed by atoms with Gasteiger partial charge in [-0.05, 0) is 12.1 Å². The molecule has 4 nitrogen and oxygen atoms in total. The lowest BCUT2D eigenvalue weighted by Crippen LogP contribution is -2.09. The number of halogens is 2. The smallest absolute Gasteiger partial charge is 0.287 e. The zero-order chi connectivity index (χ0) is 9.68. The number of alkyl halides is 2. The van der Waals surface area contributed by atoms with E-state index >= 15 is 0 Å². The largest absolute Gasteiger partial charge is 0.381 e. The summed E-state index contributed by atoms with van der Waals surface area (Å²) < 4.78 is 22.8. The molecule has 0 radical (unpaired) electrons. The van der Waals surface area contributed by atoms with Crippen LogP contribution in [0.5, 0.6) is 0 Å². The van der Waals surface area contributed by atoms with Crippen molar-refractivity contribution in [3.63, 3.8) is 0 Å². The maximum Gasteiger partial charge on any atom is 0.381 e. The molecule has 0 unspecified atom stereocenters. The molecular formula is C7H5F2NO3. The maximum absolute atomic E-state index is 11.4. The quantitative estimate of drug-likeness (QED) is 0.532.